The van der Waals surface area contributed by atoms with Crippen molar-refractivity contribution in [2.24, 2.45) is 23.3 Å². The first-order valence-electron chi connectivity index (χ1n) is 27.4. The van der Waals surface area contributed by atoms with Crippen molar-refractivity contribution in [1.29, 1.82) is 0 Å². The normalized spacial score (nSPS) is 19.6. The van der Waals surface area contributed by atoms with E-state index < -0.39 is 50.1 Å². The molecular weight excluding hydrogens is 1280 g/mol. The van der Waals surface area contributed by atoms with Gasteiger partial charge in [0, 0.05) is 57.7 Å². The van der Waals surface area contributed by atoms with E-state index in [1.807, 2.05) is 32.0 Å². The maximum atomic E-state index is 13.8. The van der Waals surface area contributed by atoms with Crippen LogP contribution in [0.15, 0.2) is 85.2 Å². The first-order valence-corrected chi connectivity index (χ1v) is 37.7. The molecule has 4 aliphatic rings. The highest BCUT2D eigenvalue weighted by Crippen LogP contribution is 2.48. The number of amides is 6. The zero-order valence-corrected chi connectivity index (χ0v) is 54.6. The van der Waals surface area contributed by atoms with Crippen molar-refractivity contribution in [3.05, 3.63) is 108 Å². The van der Waals surface area contributed by atoms with Gasteiger partial charge in [-0.1, -0.05) is 66.6 Å². The molecule has 4 unspecified atom stereocenters. The largest absolute Gasteiger partial charge is 0.366 e. The Labute approximate surface area is 516 Å². The number of rotatable bonds is 16. The molecule has 2 aromatic carbocycles. The quantitative estimate of drug-likeness (QED) is 0.0228. The Balaban J connectivity index is 0.000000214. The average Bonchev–Trinajstić information content (AvgIpc) is 3.11. The number of pyridine rings is 2. The summed E-state index contributed by atoms with van der Waals surface area (Å²) in [7, 11) is -8.16. The van der Waals surface area contributed by atoms with E-state index in [0.29, 0.717) is 33.4 Å². The Morgan fingerprint density at radius 2 is 1.05 bits per heavy atom. The summed E-state index contributed by atoms with van der Waals surface area (Å²) >= 11 is 17.9. The van der Waals surface area contributed by atoms with Gasteiger partial charge in [0.05, 0.1) is 34.9 Å². The van der Waals surface area contributed by atoms with Crippen LogP contribution >= 0.6 is 65.3 Å². The van der Waals surface area contributed by atoms with Crippen LogP contribution in [-0.4, -0.2) is 123 Å². The van der Waals surface area contributed by atoms with Gasteiger partial charge >= 0.3 is 15.2 Å². The number of piperidine rings is 2. The lowest BCUT2D eigenvalue weighted by Crippen LogP contribution is -2.51. The van der Waals surface area contributed by atoms with Crippen LogP contribution in [0, 0.1) is 25.7 Å². The van der Waals surface area contributed by atoms with E-state index >= 15 is 0 Å². The number of nitrogens with two attached hydrogens (primary N) is 2. The molecule has 2 saturated heterocycles. The summed E-state index contributed by atoms with van der Waals surface area (Å²) in [5.74, 6) is -1.49. The zero-order valence-electron chi connectivity index (χ0n) is 47.9. The third-order valence-corrected chi connectivity index (χ3v) is 17.7. The second-order valence-corrected chi connectivity index (χ2v) is 38.8. The molecule has 6 atom stereocenters. The molecule has 85 heavy (non-hydrogen) atoms. The summed E-state index contributed by atoms with van der Waals surface area (Å²) < 4.78 is 38.4. The Bertz CT molecular complexity index is 3580. The SMILES string of the molecule is CCOP(=O)(OCC)c1ccc2c(c1)c(C(N)=O)cn2CC(=O)N1C2CCC(C2)[C@H]1C(=O)Nc1cccc(C)n1.C[Si](C)(C)Br.Cc1cccc(NC(=O)[C@@H]2C3CCC(C3)N2C(=O)Cn2cc(C(N)=O)c3cc(P(=O)(O)O)ccc32)n1.ClC(Cl)Cl. The summed E-state index contributed by atoms with van der Waals surface area (Å²) in [6, 6.07) is 18.2. The van der Waals surface area contributed by atoms with Gasteiger partial charge in [0.1, 0.15) is 43.5 Å². The Hall–Kier alpha value is -5.49. The van der Waals surface area contributed by atoms with Crippen LogP contribution in [0.25, 0.3) is 21.8 Å². The van der Waals surface area contributed by atoms with Gasteiger partial charge in [-0.15, -0.1) is 15.3 Å². The van der Waals surface area contributed by atoms with E-state index in [9.17, 15) is 47.7 Å². The fourth-order valence-corrected chi connectivity index (χ4v) is 13.7. The molecule has 458 valence electrons. The first-order chi connectivity index (χ1) is 39.9. The third-order valence-electron chi connectivity index (χ3n) is 14.7. The molecule has 10 rings (SSSR count). The minimum Gasteiger partial charge on any atom is -0.366 e. The van der Waals surface area contributed by atoms with Crippen LogP contribution in [0.3, 0.4) is 0 Å². The fourth-order valence-electron chi connectivity index (χ4n) is 11.6. The second-order valence-electron chi connectivity index (χ2n) is 21.9. The molecule has 6 heterocycles. The number of carbonyl (C=O) groups is 6. The number of halogens is 4. The van der Waals surface area contributed by atoms with Gasteiger partial charge in [-0.3, -0.25) is 37.9 Å². The van der Waals surface area contributed by atoms with Gasteiger partial charge in [-0.25, -0.2) is 9.97 Å². The van der Waals surface area contributed by atoms with Crippen LogP contribution in [0.4, 0.5) is 11.6 Å². The van der Waals surface area contributed by atoms with E-state index in [1.54, 1.807) is 64.6 Å². The summed E-state index contributed by atoms with van der Waals surface area (Å²) in [5.41, 5.74) is 14.0. The maximum absolute atomic E-state index is 13.8. The zero-order chi connectivity index (χ0) is 62.5. The molecule has 2 aliphatic carbocycles. The number of fused-ring (bicyclic) bond motifs is 6. The maximum Gasteiger partial charge on any atom is 0.361 e. The highest BCUT2D eigenvalue weighted by atomic mass is 79.9. The number of hydrogen-bond acceptors (Lipinski definition) is 12. The molecule has 8 N–H and O–H groups in total. The lowest BCUT2D eigenvalue weighted by atomic mass is 9.97. The summed E-state index contributed by atoms with van der Waals surface area (Å²) in [4.78, 5) is 109. The highest BCUT2D eigenvalue weighted by Gasteiger charge is 2.52. The number of likely N-dealkylation sites (tertiary alicyclic amines) is 2. The lowest BCUT2D eigenvalue weighted by Gasteiger charge is -2.34. The Morgan fingerprint density at radius 1 is 0.671 bits per heavy atom. The number of anilines is 2. The van der Waals surface area contributed by atoms with Crippen LogP contribution in [0.5, 0.6) is 0 Å². The van der Waals surface area contributed by atoms with Gasteiger partial charge in [-0.2, -0.15) is 0 Å². The van der Waals surface area contributed by atoms with Gasteiger partial charge < -0.3 is 59.9 Å². The molecular formula is C56H70BrCl3N10O12P2Si. The van der Waals surface area contributed by atoms with Gasteiger partial charge in [0.15, 0.2) is 4.30 Å². The van der Waals surface area contributed by atoms with Crippen LogP contribution in [-0.2, 0) is 50.4 Å². The fraction of sp³-hybridized carbons (Fsp3) is 0.429. The van der Waals surface area contributed by atoms with Crippen molar-refractivity contribution < 1.29 is 56.7 Å². The molecule has 4 fully saturated rings. The molecule has 2 saturated carbocycles. The predicted octanol–water partition coefficient (Wildman–Crippen LogP) is 8.82. The Morgan fingerprint density at radius 3 is 1.40 bits per heavy atom. The van der Waals surface area contributed by atoms with Crippen molar-refractivity contribution in [2.75, 3.05) is 23.8 Å². The van der Waals surface area contributed by atoms with Crippen molar-refractivity contribution in [3.63, 3.8) is 0 Å². The summed E-state index contributed by atoms with van der Waals surface area (Å²) in [6.45, 7) is 13.2. The highest BCUT2D eigenvalue weighted by molar-refractivity contribution is 9.26. The van der Waals surface area contributed by atoms with Crippen molar-refractivity contribution >= 4 is 151 Å². The lowest BCUT2D eigenvalue weighted by molar-refractivity contribution is -0.141. The summed E-state index contributed by atoms with van der Waals surface area (Å²) in [6.07, 6.45) is 7.86. The predicted molar refractivity (Wildman–Crippen MR) is 335 cm³/mol. The first kappa shape index (κ1) is 67.0. The van der Waals surface area contributed by atoms with E-state index in [-0.39, 0.29) is 95.7 Å². The summed E-state index contributed by atoms with van der Waals surface area (Å²) in [5, 5.41) is 6.47. The monoisotopic (exact) mass is 1350 g/mol. The molecule has 2 aliphatic heterocycles. The standard InChI is InChI=1S/C28H34N5O6P.C24H26N5O6P.C3H9BrSi.CHCl3/c1-4-38-40(37,39-5-2)20-11-12-23-21(14-20)22(27(29)35)15-32(23)16-25(34)33-19-10-9-18(13-19)26(33)28(36)31-24-8-6-7-17(3)30-24;1-13-3-2-4-20(26-13)27-24(32)22-14-5-6-15(9-14)29(22)21(30)12-28-11-18(23(25)31)17-10-16(36(33,34)35)7-8-19(17)28;1-5(2,3)4;2-1(3)4/h6-8,11-12,14-15,18-19,26H,4-5,9-10,13,16H2,1-3H3,(H2,29,35)(H,30,31,36);2-4,7-8,10-11,14-15,22H,5-6,9,12H2,1H3,(H2,25,31)(H,26,27,32)(H2,33,34,35);1-3H3;1H/t18?,19?,26-;14?,15?,22-;;/m00../s1. The van der Waals surface area contributed by atoms with E-state index in [2.05, 4.69) is 55.5 Å². The topological polar surface area (TPSA) is 314 Å². The molecule has 4 aromatic heterocycles. The van der Waals surface area contributed by atoms with E-state index in [4.69, 9.17) is 55.3 Å². The van der Waals surface area contributed by atoms with Crippen LogP contribution in [0.1, 0.15) is 84.5 Å². The molecule has 29 heteroatoms. The number of aromatic nitrogens is 4. The molecule has 0 radical (unpaired) electrons. The van der Waals surface area contributed by atoms with Gasteiger partial charge in [-0.05, 0) is 139 Å². The molecule has 6 amide bonds. The number of benzene rings is 2. The minimum absolute atomic E-state index is 0.0222. The van der Waals surface area contributed by atoms with Gasteiger partial charge in [0.2, 0.25) is 23.6 Å². The van der Waals surface area contributed by atoms with E-state index in [1.165, 1.54) is 35.2 Å². The van der Waals surface area contributed by atoms with Gasteiger partial charge in [0.25, 0.3) is 11.8 Å². The number of aryl methyl sites for hydroxylation is 2. The van der Waals surface area contributed by atoms with Crippen molar-refractivity contribution in [3.8, 4) is 0 Å². The molecule has 0 spiro atoms. The van der Waals surface area contributed by atoms with Crippen LogP contribution in [0.2, 0.25) is 19.6 Å². The number of hydrogen-bond donors (Lipinski definition) is 6. The average molecular weight is 1350 g/mol. The number of primary amides is 2. The second kappa shape index (κ2) is 28.1. The number of alkyl halides is 3. The smallest absolute Gasteiger partial charge is 0.361 e. The number of nitrogens with zero attached hydrogens (tertiary/aromatic N) is 6. The van der Waals surface area contributed by atoms with E-state index in [0.717, 1.165) is 49.9 Å². The number of nitrogens with one attached hydrogen (secondary N) is 2. The minimum atomic E-state index is -4.55. The molecule has 4 bridgehead atoms. The van der Waals surface area contributed by atoms with Crippen molar-refractivity contribution in [1.82, 2.24) is 28.9 Å². The van der Waals surface area contributed by atoms with Crippen LogP contribution < -0.4 is 32.7 Å². The molecule has 6 aromatic rings. The number of carbonyl (C=O) groups excluding carboxylic acids is 6. The third kappa shape index (κ3) is 16.6. The molecule has 22 nitrogen and oxygen atoms in total. The Kier molecular flexibility index (Phi) is 22.2. The van der Waals surface area contributed by atoms with Crippen molar-refractivity contribution in [2.45, 2.75) is 127 Å².